The van der Waals surface area contributed by atoms with Crippen molar-refractivity contribution >= 4 is 32.4 Å². The molecule has 0 amide bonds. The first-order valence-electron chi connectivity index (χ1n) is 10.2. The van der Waals surface area contributed by atoms with Gasteiger partial charge in [0.25, 0.3) is 5.56 Å². The zero-order valence-corrected chi connectivity index (χ0v) is 17.8. The normalized spacial score (nSPS) is 22.8. The summed E-state index contributed by atoms with van der Waals surface area (Å²) >= 11 is 0. The smallest absolute Gasteiger partial charge is 0.261 e. The van der Waals surface area contributed by atoms with Crippen molar-refractivity contribution in [3.63, 3.8) is 0 Å². The van der Waals surface area contributed by atoms with Crippen molar-refractivity contribution in [3.8, 4) is 0 Å². The van der Waals surface area contributed by atoms with Crippen LogP contribution in [0.25, 0.3) is 15.7 Å². The van der Waals surface area contributed by atoms with Crippen LogP contribution in [0.1, 0.15) is 37.3 Å². The van der Waals surface area contributed by atoms with Crippen molar-refractivity contribution in [2.75, 3.05) is 12.4 Å². The van der Waals surface area contributed by atoms with E-state index in [0.717, 1.165) is 25.7 Å². The van der Waals surface area contributed by atoms with Crippen LogP contribution in [0.4, 0.5) is 11.5 Å². The maximum absolute atomic E-state index is 12.7. The minimum atomic E-state index is -3.43. The number of H-pyrrole nitrogens is 1. The number of aromatic amines is 1. The number of rotatable bonds is 3. The minimum absolute atomic E-state index is 0.0788. The standard InChI is InChI=1S/C21H22N6O3S/c1-22-15-5-3-4-6-16(15)27-17-9-10-23-21(28)19(17)20(25-27)24-14-7-8-18-13(11-14)12-26(2)31(18,29)30/h7-11,15-16H,3-6,12H2,2H3,(H,23,28)(H,24,25)/t15-,16-/m0/s1. The summed E-state index contributed by atoms with van der Waals surface area (Å²) in [7, 11) is -1.88. The first kappa shape index (κ1) is 19.8. The molecule has 0 bridgehead atoms. The van der Waals surface area contributed by atoms with E-state index in [1.807, 2.05) is 10.7 Å². The first-order chi connectivity index (χ1) is 14.9. The highest BCUT2D eigenvalue weighted by atomic mass is 32.2. The molecule has 1 aliphatic carbocycles. The summed E-state index contributed by atoms with van der Waals surface area (Å²) in [5.74, 6) is 0.403. The molecule has 1 fully saturated rings. The van der Waals surface area contributed by atoms with Crippen LogP contribution in [0, 0.1) is 6.57 Å². The molecular weight excluding hydrogens is 416 g/mol. The Kier molecular flexibility index (Phi) is 4.60. The van der Waals surface area contributed by atoms with Crippen LogP contribution in [0.2, 0.25) is 0 Å². The Balaban J connectivity index is 1.58. The van der Waals surface area contributed by atoms with Gasteiger partial charge in [0.1, 0.15) is 11.4 Å². The van der Waals surface area contributed by atoms with Crippen LogP contribution >= 0.6 is 0 Å². The lowest BCUT2D eigenvalue weighted by atomic mass is 9.91. The number of nitrogens with zero attached hydrogens (tertiary/aromatic N) is 4. The Bertz CT molecular complexity index is 1380. The predicted molar refractivity (Wildman–Crippen MR) is 117 cm³/mol. The number of aromatic nitrogens is 3. The molecule has 0 radical (unpaired) electrons. The highest BCUT2D eigenvalue weighted by molar-refractivity contribution is 7.89. The minimum Gasteiger partial charge on any atom is -0.338 e. The van der Waals surface area contributed by atoms with Crippen molar-refractivity contribution in [2.45, 2.75) is 49.2 Å². The van der Waals surface area contributed by atoms with Gasteiger partial charge in [0.2, 0.25) is 16.1 Å². The zero-order valence-electron chi connectivity index (χ0n) is 17.0. The molecule has 160 valence electrons. The van der Waals surface area contributed by atoms with E-state index in [1.165, 1.54) is 4.31 Å². The van der Waals surface area contributed by atoms with E-state index in [9.17, 15) is 13.2 Å². The molecule has 10 heteroatoms. The predicted octanol–water partition coefficient (Wildman–Crippen LogP) is 3.01. The van der Waals surface area contributed by atoms with E-state index in [-0.39, 0.29) is 17.6 Å². The number of benzene rings is 1. The van der Waals surface area contributed by atoms with E-state index >= 15 is 0 Å². The molecule has 0 spiro atoms. The molecule has 31 heavy (non-hydrogen) atoms. The molecule has 2 aliphatic rings. The number of fused-ring (bicyclic) bond motifs is 2. The summed E-state index contributed by atoms with van der Waals surface area (Å²) < 4.78 is 27.8. The molecule has 5 rings (SSSR count). The second-order valence-corrected chi connectivity index (χ2v) is 10.1. The van der Waals surface area contributed by atoms with Gasteiger partial charge in [-0.05, 0) is 42.7 Å². The van der Waals surface area contributed by atoms with Crippen LogP contribution in [-0.2, 0) is 16.6 Å². The molecular formula is C21H22N6O3S. The van der Waals surface area contributed by atoms with Gasteiger partial charge in [0, 0.05) is 31.9 Å². The summed E-state index contributed by atoms with van der Waals surface area (Å²) in [5.41, 5.74) is 1.79. The van der Waals surface area contributed by atoms with Crippen LogP contribution in [0.15, 0.2) is 40.2 Å². The number of pyridine rings is 1. The highest BCUT2D eigenvalue weighted by Crippen LogP contribution is 2.36. The Hall–Kier alpha value is -3.16. The van der Waals surface area contributed by atoms with Gasteiger partial charge in [-0.25, -0.2) is 15.0 Å². The van der Waals surface area contributed by atoms with Gasteiger partial charge < -0.3 is 15.1 Å². The second-order valence-electron chi connectivity index (χ2n) is 8.12. The van der Waals surface area contributed by atoms with Gasteiger partial charge in [0.05, 0.1) is 10.4 Å². The van der Waals surface area contributed by atoms with Crippen LogP contribution in [0.3, 0.4) is 0 Å². The summed E-state index contributed by atoms with van der Waals surface area (Å²) in [6, 6.07) is 6.61. The largest absolute Gasteiger partial charge is 0.338 e. The molecule has 2 atom stereocenters. The highest BCUT2D eigenvalue weighted by Gasteiger charge is 2.34. The Morgan fingerprint density at radius 3 is 2.87 bits per heavy atom. The molecule has 3 aromatic rings. The van der Waals surface area contributed by atoms with Crippen molar-refractivity contribution in [2.24, 2.45) is 0 Å². The number of hydrogen-bond acceptors (Lipinski definition) is 5. The second kappa shape index (κ2) is 7.21. The van der Waals surface area contributed by atoms with E-state index in [2.05, 4.69) is 15.1 Å². The molecule has 0 unspecified atom stereocenters. The quantitative estimate of drug-likeness (QED) is 0.612. The number of nitrogens with one attached hydrogen (secondary N) is 2. The summed E-state index contributed by atoms with van der Waals surface area (Å²) in [4.78, 5) is 19.5. The molecule has 3 heterocycles. The summed E-state index contributed by atoms with van der Waals surface area (Å²) in [6.45, 7) is 7.88. The van der Waals surface area contributed by atoms with Crippen molar-refractivity contribution in [3.05, 3.63) is 57.8 Å². The SMILES string of the molecule is [C-]#[N+][C@H]1CCCC[C@@H]1n1nc(Nc2ccc3c(c2)CN(C)S3(=O)=O)c2c(=O)[nH]ccc21. The van der Waals surface area contributed by atoms with Crippen molar-refractivity contribution in [1.82, 2.24) is 19.1 Å². The molecule has 2 aromatic heterocycles. The zero-order chi connectivity index (χ0) is 21.8. The third-order valence-electron chi connectivity index (χ3n) is 6.21. The summed E-state index contributed by atoms with van der Waals surface area (Å²) in [5, 5.41) is 8.36. The Labute approximate surface area is 179 Å². The van der Waals surface area contributed by atoms with Crippen molar-refractivity contribution < 1.29 is 8.42 Å². The lowest BCUT2D eigenvalue weighted by Gasteiger charge is -2.24. The monoisotopic (exact) mass is 438 g/mol. The topological polar surface area (TPSA) is 104 Å². The average molecular weight is 439 g/mol. The molecule has 1 aromatic carbocycles. The molecule has 1 saturated carbocycles. The van der Waals surface area contributed by atoms with Crippen LogP contribution < -0.4 is 10.9 Å². The molecule has 0 saturated heterocycles. The molecule has 1 aliphatic heterocycles. The average Bonchev–Trinajstić information content (AvgIpc) is 3.23. The first-order valence-corrected chi connectivity index (χ1v) is 11.7. The third-order valence-corrected chi connectivity index (χ3v) is 8.11. The van der Waals surface area contributed by atoms with Gasteiger partial charge in [0.15, 0.2) is 5.82 Å². The number of anilines is 2. The maximum Gasteiger partial charge on any atom is 0.261 e. The van der Waals surface area contributed by atoms with E-state index in [0.29, 0.717) is 39.4 Å². The van der Waals surface area contributed by atoms with Gasteiger partial charge in [-0.3, -0.25) is 9.48 Å². The van der Waals surface area contributed by atoms with Crippen molar-refractivity contribution in [1.29, 1.82) is 0 Å². The fraction of sp³-hybridized carbons (Fsp3) is 0.381. The fourth-order valence-corrected chi connectivity index (χ4v) is 5.97. The van der Waals surface area contributed by atoms with Crippen LogP contribution in [-0.4, -0.2) is 40.6 Å². The third kappa shape index (κ3) is 3.12. The van der Waals surface area contributed by atoms with E-state index in [4.69, 9.17) is 11.7 Å². The van der Waals surface area contributed by atoms with E-state index < -0.39 is 10.0 Å². The number of sulfonamides is 1. The van der Waals surface area contributed by atoms with Gasteiger partial charge >= 0.3 is 0 Å². The Morgan fingerprint density at radius 1 is 1.26 bits per heavy atom. The maximum atomic E-state index is 12.7. The van der Waals surface area contributed by atoms with Crippen LogP contribution in [0.5, 0.6) is 0 Å². The molecule has 2 N–H and O–H groups in total. The Morgan fingerprint density at radius 2 is 2.06 bits per heavy atom. The van der Waals surface area contributed by atoms with Gasteiger partial charge in [-0.15, -0.1) is 0 Å². The lowest BCUT2D eigenvalue weighted by molar-refractivity contribution is 0.321. The van der Waals surface area contributed by atoms with Gasteiger partial charge in [-0.2, -0.15) is 9.40 Å². The van der Waals surface area contributed by atoms with E-state index in [1.54, 1.807) is 31.4 Å². The lowest BCUT2D eigenvalue weighted by Crippen LogP contribution is -2.26. The molecule has 9 nitrogen and oxygen atoms in total. The van der Waals surface area contributed by atoms with Gasteiger partial charge in [-0.1, -0.05) is 6.42 Å². The fourth-order valence-electron chi connectivity index (χ4n) is 4.63. The summed E-state index contributed by atoms with van der Waals surface area (Å²) in [6.07, 6.45) is 5.32. The number of hydrogen-bond donors (Lipinski definition) is 2.